The maximum Gasteiger partial charge on any atom is 0.416 e. The highest BCUT2D eigenvalue weighted by molar-refractivity contribution is 6.36. The van der Waals surface area contributed by atoms with E-state index < -0.39 is 22.7 Å². The van der Waals surface area contributed by atoms with Crippen molar-refractivity contribution in [2.45, 2.75) is 11.3 Å². The summed E-state index contributed by atoms with van der Waals surface area (Å²) in [6.45, 7) is 0. The van der Waals surface area contributed by atoms with Gasteiger partial charge in [0.05, 0.1) is 12.7 Å². The van der Waals surface area contributed by atoms with E-state index in [1.165, 1.54) is 31.4 Å². The number of ketones is 1. The van der Waals surface area contributed by atoms with Gasteiger partial charge in [-0.1, -0.05) is 23.7 Å². The smallest absolute Gasteiger partial charge is 0.416 e. The van der Waals surface area contributed by atoms with Crippen LogP contribution in [0.4, 0.5) is 17.6 Å². The zero-order valence-electron chi connectivity index (χ0n) is 11.8. The summed E-state index contributed by atoms with van der Waals surface area (Å²) in [7, 11) is 1.43. The van der Waals surface area contributed by atoms with Crippen LogP contribution in [0.5, 0.6) is 5.75 Å². The Hall–Kier alpha value is -2.08. The number of hydrogen-bond acceptors (Lipinski definition) is 2. The molecule has 0 fully saturated rings. The molecule has 2 aromatic carbocycles. The van der Waals surface area contributed by atoms with Crippen LogP contribution >= 0.6 is 11.6 Å². The molecule has 2 aromatic rings. The molecule has 0 aliphatic carbocycles. The SMILES string of the molecule is COc1ccc(C(=O)C(F)(Cl)c2ccc(C(F)(F)F)cc2)cc1. The van der Waals surface area contributed by atoms with Gasteiger partial charge in [-0.05, 0) is 36.4 Å². The quantitative estimate of drug-likeness (QED) is 0.444. The van der Waals surface area contributed by atoms with Crippen LogP contribution in [0.25, 0.3) is 0 Å². The molecule has 2 rings (SSSR count). The molecule has 1 unspecified atom stereocenters. The minimum absolute atomic E-state index is 0.0248. The Labute approximate surface area is 134 Å². The van der Waals surface area contributed by atoms with Crippen molar-refractivity contribution in [3.63, 3.8) is 0 Å². The summed E-state index contributed by atoms with van der Waals surface area (Å²) in [6.07, 6.45) is -4.55. The summed E-state index contributed by atoms with van der Waals surface area (Å²) in [5, 5.41) is -2.96. The van der Waals surface area contributed by atoms with Crippen molar-refractivity contribution >= 4 is 17.4 Å². The summed E-state index contributed by atoms with van der Waals surface area (Å²) in [6, 6.07) is 8.58. The molecule has 0 aliphatic heterocycles. The van der Waals surface area contributed by atoms with E-state index in [-0.39, 0.29) is 11.1 Å². The zero-order chi connectivity index (χ0) is 17.3. The predicted octanol–water partition coefficient (Wildman–Crippen LogP) is 4.96. The normalized spacial score (nSPS) is 14.2. The lowest BCUT2D eigenvalue weighted by Gasteiger charge is -2.18. The molecule has 0 amide bonds. The highest BCUT2D eigenvalue weighted by Gasteiger charge is 2.39. The lowest BCUT2D eigenvalue weighted by atomic mass is 9.99. The number of halogens is 5. The van der Waals surface area contributed by atoms with Crippen molar-refractivity contribution in [2.75, 3.05) is 7.11 Å². The fourth-order valence-corrected chi connectivity index (χ4v) is 2.16. The van der Waals surface area contributed by atoms with Crippen molar-refractivity contribution in [1.29, 1.82) is 0 Å². The predicted molar refractivity (Wildman–Crippen MR) is 77.4 cm³/mol. The van der Waals surface area contributed by atoms with Crippen molar-refractivity contribution < 1.29 is 27.1 Å². The van der Waals surface area contributed by atoms with Crippen LogP contribution in [0.3, 0.4) is 0 Å². The molecule has 0 N–H and O–H groups in total. The molecular formula is C16H11ClF4O2. The Morgan fingerprint density at radius 2 is 1.39 bits per heavy atom. The average molecular weight is 347 g/mol. The van der Waals surface area contributed by atoms with Crippen LogP contribution in [0.15, 0.2) is 48.5 Å². The van der Waals surface area contributed by atoms with Gasteiger partial charge in [0.15, 0.2) is 0 Å². The molecule has 0 radical (unpaired) electrons. The van der Waals surface area contributed by atoms with Crippen LogP contribution in [-0.2, 0) is 11.3 Å². The topological polar surface area (TPSA) is 26.3 Å². The molecule has 1 atom stereocenters. The number of Topliss-reactive ketones (excluding diaryl/α,β-unsaturated/α-hetero) is 1. The summed E-state index contributed by atoms with van der Waals surface area (Å²) in [5.41, 5.74) is -1.35. The van der Waals surface area contributed by atoms with Crippen LogP contribution in [-0.4, -0.2) is 12.9 Å². The van der Waals surface area contributed by atoms with E-state index in [2.05, 4.69) is 0 Å². The summed E-state index contributed by atoms with van der Waals surface area (Å²) >= 11 is 5.66. The molecule has 0 aromatic heterocycles. The van der Waals surface area contributed by atoms with Gasteiger partial charge in [0.2, 0.25) is 5.78 Å². The third kappa shape index (κ3) is 3.64. The van der Waals surface area contributed by atoms with Gasteiger partial charge >= 0.3 is 6.18 Å². The molecular weight excluding hydrogens is 336 g/mol. The summed E-state index contributed by atoms with van der Waals surface area (Å²) in [5.74, 6) is -0.600. The van der Waals surface area contributed by atoms with E-state index in [1.807, 2.05) is 0 Å². The first-order chi connectivity index (χ1) is 10.7. The summed E-state index contributed by atoms with van der Waals surface area (Å²) in [4.78, 5) is 12.2. The van der Waals surface area contributed by atoms with Crippen molar-refractivity contribution in [1.82, 2.24) is 0 Å². The van der Waals surface area contributed by atoms with Gasteiger partial charge in [-0.25, -0.2) is 4.39 Å². The molecule has 122 valence electrons. The van der Waals surface area contributed by atoms with Gasteiger partial charge in [0.25, 0.3) is 5.13 Å². The van der Waals surface area contributed by atoms with Gasteiger partial charge in [-0.3, -0.25) is 4.79 Å². The number of hydrogen-bond donors (Lipinski definition) is 0. The van der Waals surface area contributed by atoms with Gasteiger partial charge in [-0.2, -0.15) is 13.2 Å². The molecule has 7 heteroatoms. The molecule has 0 saturated heterocycles. The second-order valence-corrected chi connectivity index (χ2v) is 5.23. The Bertz CT molecular complexity index is 692. The molecule has 23 heavy (non-hydrogen) atoms. The number of rotatable bonds is 4. The molecule has 0 bridgehead atoms. The molecule has 0 heterocycles. The first-order valence-corrected chi connectivity index (χ1v) is 6.78. The van der Waals surface area contributed by atoms with E-state index in [1.54, 1.807) is 0 Å². The Morgan fingerprint density at radius 1 is 0.913 bits per heavy atom. The van der Waals surface area contributed by atoms with Crippen molar-refractivity contribution in [3.05, 3.63) is 65.2 Å². The van der Waals surface area contributed by atoms with E-state index in [9.17, 15) is 22.4 Å². The number of benzene rings is 2. The highest BCUT2D eigenvalue weighted by Crippen LogP contribution is 2.37. The number of carbonyl (C=O) groups excluding carboxylic acids is 1. The maximum absolute atomic E-state index is 14.6. The van der Waals surface area contributed by atoms with E-state index in [4.69, 9.17) is 16.3 Å². The van der Waals surface area contributed by atoms with Gasteiger partial charge < -0.3 is 4.74 Å². The van der Waals surface area contributed by atoms with Gasteiger partial charge in [0, 0.05) is 11.1 Å². The Morgan fingerprint density at radius 3 is 1.83 bits per heavy atom. The first-order valence-electron chi connectivity index (χ1n) is 6.40. The second-order valence-electron chi connectivity index (χ2n) is 4.71. The zero-order valence-corrected chi connectivity index (χ0v) is 12.6. The first kappa shape index (κ1) is 17.3. The standard InChI is InChI=1S/C16H11ClF4O2/c1-23-13-8-2-10(3-9-13)14(22)15(17,18)11-4-6-12(7-5-11)16(19,20)21/h2-9H,1H3. The molecule has 0 saturated carbocycles. The van der Waals surface area contributed by atoms with Crippen LogP contribution < -0.4 is 4.74 Å². The Balaban J connectivity index is 2.30. The van der Waals surface area contributed by atoms with E-state index >= 15 is 0 Å². The lowest BCUT2D eigenvalue weighted by molar-refractivity contribution is -0.137. The fraction of sp³-hybridized carbons (Fsp3) is 0.188. The molecule has 2 nitrogen and oxygen atoms in total. The van der Waals surface area contributed by atoms with E-state index in [0.717, 1.165) is 12.1 Å². The largest absolute Gasteiger partial charge is 0.497 e. The summed E-state index contributed by atoms with van der Waals surface area (Å²) < 4.78 is 57.1. The number of methoxy groups -OCH3 is 1. The Kier molecular flexibility index (Phi) is 4.66. The van der Waals surface area contributed by atoms with Gasteiger partial charge in [0.1, 0.15) is 5.75 Å². The average Bonchev–Trinajstić information content (AvgIpc) is 2.53. The molecule has 0 spiro atoms. The maximum atomic E-state index is 14.6. The number of carbonyl (C=O) groups is 1. The van der Waals surface area contributed by atoms with Crippen LogP contribution in [0.2, 0.25) is 0 Å². The third-order valence-corrected chi connectivity index (χ3v) is 3.60. The van der Waals surface area contributed by atoms with Crippen LogP contribution in [0, 0.1) is 0 Å². The lowest BCUT2D eigenvalue weighted by Crippen LogP contribution is -2.25. The van der Waals surface area contributed by atoms with Crippen molar-refractivity contribution in [3.8, 4) is 5.75 Å². The second kappa shape index (κ2) is 6.20. The molecule has 0 aliphatic rings. The highest BCUT2D eigenvalue weighted by atomic mass is 35.5. The number of ether oxygens (including phenoxy) is 1. The van der Waals surface area contributed by atoms with Gasteiger partial charge in [-0.15, -0.1) is 0 Å². The third-order valence-electron chi connectivity index (χ3n) is 3.21. The van der Waals surface area contributed by atoms with Crippen LogP contribution in [0.1, 0.15) is 21.5 Å². The monoisotopic (exact) mass is 346 g/mol. The van der Waals surface area contributed by atoms with Crippen molar-refractivity contribution in [2.24, 2.45) is 0 Å². The number of alkyl halides is 5. The fourth-order valence-electron chi connectivity index (χ4n) is 1.92. The van der Waals surface area contributed by atoms with E-state index in [0.29, 0.717) is 17.9 Å². The minimum Gasteiger partial charge on any atom is -0.497 e. The minimum atomic E-state index is -4.55.